The minimum Gasteiger partial charge on any atom is -0.344 e. The van der Waals surface area contributed by atoms with Gasteiger partial charge in [0, 0.05) is 55.0 Å². The van der Waals surface area contributed by atoms with Gasteiger partial charge in [-0.3, -0.25) is 4.98 Å². The number of aryl methyl sites for hydroxylation is 2. The highest BCUT2D eigenvalue weighted by Crippen LogP contribution is 2.31. The Balaban J connectivity index is 0.00000113. The van der Waals surface area contributed by atoms with E-state index < -0.39 is 0 Å². The molecule has 3 heterocycles. The van der Waals surface area contributed by atoms with E-state index in [-0.39, 0.29) is 30.6 Å². The maximum atomic E-state index is 13.7. The van der Waals surface area contributed by atoms with Crippen molar-refractivity contribution in [1.82, 2.24) is 14.5 Å². The first-order chi connectivity index (χ1) is 11.2. The van der Waals surface area contributed by atoms with Crippen LogP contribution in [-0.4, -0.2) is 28.0 Å². The van der Waals surface area contributed by atoms with E-state index in [2.05, 4.69) is 27.6 Å². The van der Waals surface area contributed by atoms with Gasteiger partial charge in [0.1, 0.15) is 5.82 Å². The van der Waals surface area contributed by atoms with E-state index in [0.717, 1.165) is 43.4 Å². The number of pyridine rings is 1. The van der Waals surface area contributed by atoms with Gasteiger partial charge in [-0.1, -0.05) is 6.07 Å². The molecule has 134 valence electrons. The van der Waals surface area contributed by atoms with Crippen LogP contribution < -0.4 is 0 Å². The molecule has 0 radical (unpaired) electrons. The first-order valence-corrected chi connectivity index (χ1v) is 8.09. The van der Waals surface area contributed by atoms with Crippen LogP contribution in [-0.2, 0) is 25.9 Å². The summed E-state index contributed by atoms with van der Waals surface area (Å²) in [6.45, 7) is 2.86. The van der Waals surface area contributed by atoms with E-state index in [1.165, 1.54) is 16.8 Å². The Labute approximate surface area is 159 Å². The molecule has 0 amide bonds. The van der Waals surface area contributed by atoms with Crippen molar-refractivity contribution >= 4 is 35.7 Å². The van der Waals surface area contributed by atoms with E-state index in [1.54, 1.807) is 18.3 Å². The van der Waals surface area contributed by atoms with Crippen molar-refractivity contribution < 1.29 is 4.39 Å². The van der Waals surface area contributed by atoms with Crippen molar-refractivity contribution in [2.75, 3.05) is 13.6 Å². The molecule has 1 aliphatic heterocycles. The lowest BCUT2D eigenvalue weighted by molar-refractivity contribution is 0.309. The minimum atomic E-state index is -0.155. The van der Waals surface area contributed by atoms with Crippen molar-refractivity contribution in [1.29, 1.82) is 0 Å². The number of rotatable bonds is 3. The molecule has 0 atom stereocenters. The summed E-state index contributed by atoms with van der Waals surface area (Å²) >= 11 is 0. The molecule has 4 rings (SSSR count). The second-order valence-electron chi connectivity index (χ2n) is 6.34. The van der Waals surface area contributed by atoms with Crippen molar-refractivity contribution in [2.24, 2.45) is 0 Å². The Morgan fingerprint density at radius 1 is 1.20 bits per heavy atom. The Morgan fingerprint density at radius 2 is 2.04 bits per heavy atom. The zero-order valence-electron chi connectivity index (χ0n) is 14.1. The number of aromatic nitrogens is 2. The van der Waals surface area contributed by atoms with Crippen molar-refractivity contribution in [3.8, 4) is 0 Å². The molecular weight excluding hydrogens is 360 g/mol. The summed E-state index contributed by atoms with van der Waals surface area (Å²) in [5, 5.41) is 1.07. The number of fused-ring (bicyclic) bond motifs is 3. The molecule has 2 aromatic heterocycles. The van der Waals surface area contributed by atoms with Crippen molar-refractivity contribution in [2.45, 2.75) is 25.9 Å². The Kier molecular flexibility index (Phi) is 6.44. The van der Waals surface area contributed by atoms with Gasteiger partial charge in [-0.2, -0.15) is 0 Å². The standard InChI is InChI=1S/C19H20FN3.2ClH/c1-22-9-7-19-17(13-22)16-11-15(20)4-5-18(16)23(19)10-6-14-3-2-8-21-12-14;;/h2-5,8,11-12H,6-7,9-10,13H2,1H3;2*1H. The van der Waals surface area contributed by atoms with Gasteiger partial charge in [-0.05, 0) is 48.9 Å². The third kappa shape index (κ3) is 3.81. The van der Waals surface area contributed by atoms with Crippen LogP contribution in [0.15, 0.2) is 42.7 Å². The molecular formula is C19H22Cl2FN3. The molecule has 0 fully saturated rings. The number of hydrogen-bond acceptors (Lipinski definition) is 2. The fourth-order valence-corrected chi connectivity index (χ4v) is 3.60. The SMILES string of the molecule is CN1CCc2c(c3cc(F)ccc3n2CCc2cccnc2)C1.Cl.Cl. The summed E-state index contributed by atoms with van der Waals surface area (Å²) in [7, 11) is 2.13. The Morgan fingerprint density at radius 3 is 2.80 bits per heavy atom. The van der Waals surface area contributed by atoms with Crippen LogP contribution in [0.4, 0.5) is 4.39 Å². The Bertz CT molecular complexity index is 849. The summed E-state index contributed by atoms with van der Waals surface area (Å²) in [5.74, 6) is -0.155. The van der Waals surface area contributed by atoms with E-state index in [9.17, 15) is 4.39 Å². The molecule has 0 unspecified atom stereocenters. The second kappa shape index (κ2) is 8.17. The number of nitrogens with zero attached hydrogens (tertiary/aromatic N) is 3. The minimum absolute atomic E-state index is 0. The van der Waals surface area contributed by atoms with Crippen LogP contribution in [0, 0.1) is 5.82 Å². The van der Waals surface area contributed by atoms with Gasteiger partial charge in [0.05, 0.1) is 0 Å². The van der Waals surface area contributed by atoms with Crippen LogP contribution in [0.25, 0.3) is 10.9 Å². The van der Waals surface area contributed by atoms with E-state index >= 15 is 0 Å². The second-order valence-corrected chi connectivity index (χ2v) is 6.34. The summed E-state index contributed by atoms with van der Waals surface area (Å²) in [5.41, 5.74) is 5.04. The zero-order valence-corrected chi connectivity index (χ0v) is 15.7. The number of halogens is 3. The number of likely N-dealkylation sites (N-methyl/N-ethyl adjacent to an activating group) is 1. The largest absolute Gasteiger partial charge is 0.344 e. The van der Waals surface area contributed by atoms with Crippen LogP contribution in [0.3, 0.4) is 0 Å². The lowest BCUT2D eigenvalue weighted by atomic mass is 10.0. The van der Waals surface area contributed by atoms with Crippen molar-refractivity contribution in [3.63, 3.8) is 0 Å². The number of hydrogen-bond donors (Lipinski definition) is 0. The van der Waals surface area contributed by atoms with E-state index in [0.29, 0.717) is 0 Å². The average molecular weight is 382 g/mol. The predicted octanol–water partition coefficient (Wildman–Crippen LogP) is 4.25. The predicted molar refractivity (Wildman–Crippen MR) is 104 cm³/mol. The smallest absolute Gasteiger partial charge is 0.123 e. The van der Waals surface area contributed by atoms with Gasteiger partial charge in [-0.15, -0.1) is 24.8 Å². The monoisotopic (exact) mass is 381 g/mol. The van der Waals surface area contributed by atoms with E-state index in [1.807, 2.05) is 18.3 Å². The zero-order chi connectivity index (χ0) is 15.8. The molecule has 0 bridgehead atoms. The summed E-state index contributed by atoms with van der Waals surface area (Å²) in [6.07, 6.45) is 5.69. The number of benzene rings is 1. The molecule has 0 saturated carbocycles. The molecule has 25 heavy (non-hydrogen) atoms. The normalized spacial score (nSPS) is 13.8. The van der Waals surface area contributed by atoms with Crippen LogP contribution in [0.5, 0.6) is 0 Å². The van der Waals surface area contributed by atoms with Gasteiger partial charge in [0.2, 0.25) is 0 Å². The topological polar surface area (TPSA) is 21.1 Å². The third-order valence-corrected chi connectivity index (χ3v) is 4.75. The molecule has 3 aromatic rings. The first-order valence-electron chi connectivity index (χ1n) is 8.09. The van der Waals surface area contributed by atoms with Gasteiger partial charge in [0.15, 0.2) is 0 Å². The van der Waals surface area contributed by atoms with E-state index in [4.69, 9.17) is 0 Å². The lowest BCUT2D eigenvalue weighted by Gasteiger charge is -2.24. The summed E-state index contributed by atoms with van der Waals surface area (Å²) < 4.78 is 16.1. The highest BCUT2D eigenvalue weighted by atomic mass is 35.5. The van der Waals surface area contributed by atoms with Crippen LogP contribution in [0.2, 0.25) is 0 Å². The quantitative estimate of drug-likeness (QED) is 0.675. The van der Waals surface area contributed by atoms with Gasteiger partial charge in [0.25, 0.3) is 0 Å². The van der Waals surface area contributed by atoms with Gasteiger partial charge >= 0.3 is 0 Å². The fraction of sp³-hybridized carbons (Fsp3) is 0.316. The lowest BCUT2D eigenvalue weighted by Crippen LogP contribution is -2.27. The highest BCUT2D eigenvalue weighted by molar-refractivity contribution is 5.86. The van der Waals surface area contributed by atoms with Crippen molar-refractivity contribution in [3.05, 3.63) is 65.4 Å². The Hall–Kier alpha value is -1.62. The maximum Gasteiger partial charge on any atom is 0.123 e. The molecule has 0 saturated heterocycles. The van der Waals surface area contributed by atoms with Crippen LogP contribution in [0.1, 0.15) is 16.8 Å². The highest BCUT2D eigenvalue weighted by Gasteiger charge is 2.22. The molecule has 3 nitrogen and oxygen atoms in total. The first kappa shape index (κ1) is 19.7. The van der Waals surface area contributed by atoms with Gasteiger partial charge in [-0.25, -0.2) is 4.39 Å². The molecule has 0 spiro atoms. The summed E-state index contributed by atoms with van der Waals surface area (Å²) in [6, 6.07) is 9.26. The average Bonchev–Trinajstić information content (AvgIpc) is 2.86. The maximum absolute atomic E-state index is 13.7. The third-order valence-electron chi connectivity index (χ3n) is 4.75. The molecule has 6 heteroatoms. The molecule has 0 aliphatic carbocycles. The van der Waals surface area contributed by atoms with Gasteiger partial charge < -0.3 is 9.47 Å². The fourth-order valence-electron chi connectivity index (χ4n) is 3.60. The molecule has 1 aromatic carbocycles. The molecule has 1 aliphatic rings. The van der Waals surface area contributed by atoms with Crippen LogP contribution >= 0.6 is 24.8 Å². The summed E-state index contributed by atoms with van der Waals surface area (Å²) in [4.78, 5) is 6.49. The molecule has 0 N–H and O–H groups in total.